The van der Waals surface area contributed by atoms with Gasteiger partial charge in [0.2, 0.25) is 0 Å². The van der Waals surface area contributed by atoms with Gasteiger partial charge in [-0.25, -0.2) is 12.8 Å². The molecule has 10 heteroatoms. The molecule has 22 heavy (non-hydrogen) atoms. The molecule has 1 aromatic carbocycles. The summed E-state index contributed by atoms with van der Waals surface area (Å²) >= 11 is 0. The fraction of sp³-hybridized carbons (Fsp3) is 0.250. The number of rotatable bonds is 5. The molecule has 0 saturated heterocycles. The second-order valence-corrected chi connectivity index (χ2v) is 6.00. The van der Waals surface area contributed by atoms with Crippen molar-refractivity contribution in [3.63, 3.8) is 0 Å². The largest absolute Gasteiger partial charge is 0.412 e. The Hall–Kier alpha value is -2.23. The lowest BCUT2D eigenvalue weighted by Crippen LogP contribution is -2.15. The van der Waals surface area contributed by atoms with E-state index in [1.54, 1.807) is 0 Å². The third-order valence-electron chi connectivity index (χ3n) is 2.71. The van der Waals surface area contributed by atoms with Crippen molar-refractivity contribution in [1.29, 1.82) is 0 Å². The van der Waals surface area contributed by atoms with Crippen LogP contribution < -0.4 is 9.46 Å². The number of nitrogens with zero attached hydrogens (tertiary/aromatic N) is 1. The molecule has 0 aliphatic heterocycles. The number of halogens is 3. The maximum atomic E-state index is 13.2. The Kier molecular flexibility index (Phi) is 4.31. The molecule has 0 unspecified atom stereocenters. The lowest BCUT2D eigenvalue weighted by atomic mass is 10.2. The third-order valence-corrected chi connectivity index (χ3v) is 4.06. The van der Waals surface area contributed by atoms with E-state index in [2.05, 4.69) is 14.4 Å². The number of sulfonamides is 1. The van der Waals surface area contributed by atoms with Gasteiger partial charge in [-0.3, -0.25) is 4.72 Å². The molecule has 0 saturated carbocycles. The predicted molar refractivity (Wildman–Crippen MR) is 69.8 cm³/mol. The minimum absolute atomic E-state index is 0.0574. The quantitative estimate of drug-likeness (QED) is 0.908. The molecule has 6 nitrogen and oxygen atoms in total. The van der Waals surface area contributed by atoms with Crippen molar-refractivity contribution >= 4 is 15.7 Å². The van der Waals surface area contributed by atoms with Gasteiger partial charge in [-0.05, 0) is 42.8 Å². The molecule has 0 amide bonds. The van der Waals surface area contributed by atoms with Gasteiger partial charge in [-0.1, -0.05) is 0 Å². The van der Waals surface area contributed by atoms with Crippen LogP contribution in [0.15, 0.2) is 27.6 Å². The predicted octanol–water partition coefficient (Wildman–Crippen LogP) is 2.83. The van der Waals surface area contributed by atoms with Crippen LogP contribution >= 0.6 is 0 Å². The average molecular weight is 336 g/mol. The second-order valence-electron chi connectivity index (χ2n) is 4.31. The summed E-state index contributed by atoms with van der Waals surface area (Å²) in [5.74, 6) is -1.31. The molecule has 1 N–H and O–H groups in total. The van der Waals surface area contributed by atoms with Crippen molar-refractivity contribution in [1.82, 2.24) is 5.16 Å². The van der Waals surface area contributed by atoms with Crippen LogP contribution in [-0.4, -0.2) is 20.2 Å². The van der Waals surface area contributed by atoms with E-state index in [4.69, 9.17) is 0 Å². The summed E-state index contributed by atoms with van der Waals surface area (Å²) in [6.45, 7) is -0.482. The van der Waals surface area contributed by atoms with Crippen molar-refractivity contribution in [2.45, 2.75) is 25.4 Å². The van der Waals surface area contributed by atoms with Gasteiger partial charge in [0, 0.05) is 0 Å². The number of alkyl halides is 2. The smallest absolute Gasteiger partial charge is 0.388 e. The summed E-state index contributed by atoms with van der Waals surface area (Å²) in [6, 6.07) is 3.14. The highest BCUT2D eigenvalue weighted by Crippen LogP contribution is 2.30. The van der Waals surface area contributed by atoms with Crippen molar-refractivity contribution < 1.29 is 30.8 Å². The van der Waals surface area contributed by atoms with Crippen LogP contribution in [0.2, 0.25) is 0 Å². The fourth-order valence-electron chi connectivity index (χ4n) is 1.61. The van der Waals surface area contributed by atoms with Crippen LogP contribution in [0, 0.1) is 19.7 Å². The average Bonchev–Trinajstić information content (AvgIpc) is 2.73. The normalized spacial score (nSPS) is 11.7. The Morgan fingerprint density at radius 1 is 1.32 bits per heavy atom. The minimum atomic E-state index is -4.14. The molecule has 0 atom stereocenters. The lowest BCUT2D eigenvalue weighted by Gasteiger charge is -2.09. The van der Waals surface area contributed by atoms with Crippen LogP contribution in [0.25, 0.3) is 0 Å². The summed E-state index contributed by atoms with van der Waals surface area (Å²) in [5.41, 5.74) is -0.226. The van der Waals surface area contributed by atoms with Crippen molar-refractivity contribution in [3.05, 3.63) is 35.3 Å². The molecule has 0 aliphatic rings. The first kappa shape index (κ1) is 16.1. The first-order valence-electron chi connectivity index (χ1n) is 5.91. The van der Waals surface area contributed by atoms with E-state index in [0.717, 1.165) is 18.2 Å². The highest BCUT2D eigenvalue weighted by atomic mass is 32.2. The van der Waals surface area contributed by atoms with Gasteiger partial charge >= 0.3 is 6.61 Å². The molecule has 2 aromatic rings. The first-order valence-corrected chi connectivity index (χ1v) is 7.39. The zero-order valence-electron chi connectivity index (χ0n) is 11.4. The number of aryl methyl sites for hydroxylation is 2. The number of anilines is 1. The molecule has 0 aliphatic carbocycles. The van der Waals surface area contributed by atoms with Gasteiger partial charge in [0.15, 0.2) is 11.4 Å². The number of ether oxygens (including phenoxy) is 1. The standard InChI is InChI=1S/C12H11F3N2O4S/c1-6-5-8(3-4-9(6)13)22(18,19)17-10-7(2)21-16-11(10)20-12(14)15/h3-5,12,17H,1-2H3. The number of benzene rings is 1. The maximum absolute atomic E-state index is 13.2. The van der Waals surface area contributed by atoms with Crippen molar-refractivity contribution in [2.75, 3.05) is 4.72 Å². The van der Waals surface area contributed by atoms with Crippen molar-refractivity contribution in [2.24, 2.45) is 0 Å². The number of aromatic nitrogens is 1. The Morgan fingerprint density at radius 3 is 2.59 bits per heavy atom. The van der Waals surface area contributed by atoms with Gasteiger partial charge in [0.1, 0.15) is 5.82 Å². The Labute approximate surface area is 123 Å². The van der Waals surface area contributed by atoms with E-state index >= 15 is 0 Å². The highest BCUT2D eigenvalue weighted by molar-refractivity contribution is 7.92. The number of nitrogens with one attached hydrogen (secondary N) is 1. The SMILES string of the molecule is Cc1cc(S(=O)(=O)Nc2c(OC(F)F)noc2C)ccc1F. The van der Waals surface area contributed by atoms with Gasteiger partial charge in [-0.15, -0.1) is 0 Å². The summed E-state index contributed by atoms with van der Waals surface area (Å²) < 4.78 is 72.8. The van der Waals surface area contributed by atoms with Gasteiger partial charge < -0.3 is 9.26 Å². The molecular weight excluding hydrogens is 325 g/mol. The Balaban J connectivity index is 2.36. The van der Waals surface area contributed by atoms with Crippen LogP contribution in [0.5, 0.6) is 5.88 Å². The molecule has 1 heterocycles. The molecular formula is C12H11F3N2O4S. The first-order chi connectivity index (χ1) is 10.2. The Bertz CT molecular complexity index is 790. The van der Waals surface area contributed by atoms with Gasteiger partial charge in [-0.2, -0.15) is 8.78 Å². The highest BCUT2D eigenvalue weighted by Gasteiger charge is 2.24. The van der Waals surface area contributed by atoms with E-state index in [0.29, 0.717) is 0 Å². The summed E-state index contributed by atoms with van der Waals surface area (Å²) in [5, 5.41) is 3.20. The number of hydrogen-bond donors (Lipinski definition) is 1. The molecule has 2 rings (SSSR count). The van der Waals surface area contributed by atoms with E-state index in [-0.39, 0.29) is 21.9 Å². The molecule has 0 bridgehead atoms. The minimum Gasteiger partial charge on any atom is -0.412 e. The molecule has 1 aromatic heterocycles. The Morgan fingerprint density at radius 2 is 2.00 bits per heavy atom. The molecule has 120 valence electrons. The van der Waals surface area contributed by atoms with Crippen LogP contribution in [0.1, 0.15) is 11.3 Å². The van der Waals surface area contributed by atoms with Gasteiger partial charge in [0.05, 0.1) is 4.90 Å². The van der Waals surface area contributed by atoms with E-state index in [9.17, 15) is 21.6 Å². The van der Waals surface area contributed by atoms with Crippen molar-refractivity contribution in [3.8, 4) is 5.88 Å². The zero-order valence-corrected chi connectivity index (χ0v) is 12.2. The van der Waals surface area contributed by atoms with E-state index < -0.39 is 28.3 Å². The fourth-order valence-corrected chi connectivity index (χ4v) is 2.81. The topological polar surface area (TPSA) is 81.4 Å². The van der Waals surface area contributed by atoms with Crippen LogP contribution in [0.3, 0.4) is 0 Å². The van der Waals surface area contributed by atoms with Crippen LogP contribution in [0.4, 0.5) is 18.9 Å². The lowest BCUT2D eigenvalue weighted by molar-refractivity contribution is -0.0541. The number of hydrogen-bond acceptors (Lipinski definition) is 5. The third kappa shape index (κ3) is 3.32. The molecule has 0 spiro atoms. The maximum Gasteiger partial charge on any atom is 0.388 e. The van der Waals surface area contributed by atoms with E-state index in [1.807, 2.05) is 4.72 Å². The monoisotopic (exact) mass is 336 g/mol. The second kappa shape index (κ2) is 5.87. The van der Waals surface area contributed by atoms with E-state index in [1.165, 1.54) is 13.8 Å². The zero-order chi connectivity index (χ0) is 16.5. The van der Waals surface area contributed by atoms with Crippen LogP contribution in [-0.2, 0) is 10.0 Å². The molecule has 0 fully saturated rings. The molecule has 0 radical (unpaired) electrons. The summed E-state index contributed by atoms with van der Waals surface area (Å²) in [4.78, 5) is -0.241. The van der Waals surface area contributed by atoms with Gasteiger partial charge in [0.25, 0.3) is 15.9 Å². The summed E-state index contributed by atoms with van der Waals surface area (Å²) in [6.07, 6.45) is 0. The summed E-state index contributed by atoms with van der Waals surface area (Å²) in [7, 11) is -4.14.